The van der Waals surface area contributed by atoms with E-state index in [-0.39, 0.29) is 5.41 Å². The summed E-state index contributed by atoms with van der Waals surface area (Å²) >= 11 is 0. The molecule has 0 amide bonds. The zero-order valence-electron chi connectivity index (χ0n) is 9.83. The molecule has 0 bridgehead atoms. The Labute approximate surface area is 91.1 Å². The summed E-state index contributed by atoms with van der Waals surface area (Å²) < 4.78 is 0. The first-order valence-corrected chi connectivity index (χ1v) is 5.45. The Morgan fingerprint density at radius 3 is 2.67 bits per heavy atom. The minimum Gasteiger partial charge on any atom is -0.347 e. The second-order valence-corrected chi connectivity index (χ2v) is 5.02. The van der Waals surface area contributed by atoms with Crippen molar-refractivity contribution in [3.05, 3.63) is 35.4 Å². The number of H-pyrrole nitrogens is 1. The van der Waals surface area contributed by atoms with Crippen molar-refractivity contribution in [3.63, 3.8) is 0 Å². The topological polar surface area (TPSA) is 28.7 Å². The predicted molar refractivity (Wildman–Crippen MR) is 63.6 cm³/mol. The lowest BCUT2D eigenvalue weighted by Gasteiger charge is -2.20. The molecule has 1 aromatic rings. The van der Waals surface area contributed by atoms with Gasteiger partial charge < -0.3 is 4.98 Å². The number of hydrogen-bond donors (Lipinski definition) is 1. The van der Waals surface area contributed by atoms with Crippen LogP contribution in [0.3, 0.4) is 0 Å². The maximum absolute atomic E-state index is 4.33. The summed E-state index contributed by atoms with van der Waals surface area (Å²) in [5.41, 5.74) is 3.68. The number of nitrogens with one attached hydrogen (secondary N) is 1. The van der Waals surface area contributed by atoms with Crippen molar-refractivity contribution in [2.24, 2.45) is 5.92 Å². The van der Waals surface area contributed by atoms with Crippen molar-refractivity contribution < 1.29 is 0 Å². The molecule has 1 aromatic heterocycles. The summed E-state index contributed by atoms with van der Waals surface area (Å²) in [5.74, 6) is 0.560. The number of fused-ring (bicyclic) bond motifs is 1. The van der Waals surface area contributed by atoms with Crippen LogP contribution in [0.5, 0.6) is 0 Å². The Balaban J connectivity index is 2.53. The molecular formula is C13H18N2. The average Bonchev–Trinajstić information content (AvgIpc) is 2.56. The molecule has 0 spiro atoms. The van der Waals surface area contributed by atoms with Gasteiger partial charge in [-0.25, -0.2) is 4.98 Å². The quantitative estimate of drug-likeness (QED) is 0.743. The molecule has 0 aliphatic heterocycles. The van der Waals surface area contributed by atoms with Crippen molar-refractivity contribution in [3.8, 4) is 0 Å². The maximum atomic E-state index is 4.33. The summed E-state index contributed by atoms with van der Waals surface area (Å²) in [6, 6.07) is 0. The van der Waals surface area contributed by atoms with Gasteiger partial charge in [0.1, 0.15) is 0 Å². The molecule has 15 heavy (non-hydrogen) atoms. The summed E-state index contributed by atoms with van der Waals surface area (Å²) in [6.45, 7) is 8.89. The van der Waals surface area contributed by atoms with Gasteiger partial charge in [-0.3, -0.25) is 0 Å². The SMILES string of the molecule is CC(C)C1=CC(C)(C)c2[nH]cnc2C=C1. The van der Waals surface area contributed by atoms with Crippen LogP contribution in [0.25, 0.3) is 6.08 Å². The second-order valence-electron chi connectivity index (χ2n) is 5.02. The van der Waals surface area contributed by atoms with Gasteiger partial charge in [-0.1, -0.05) is 39.8 Å². The van der Waals surface area contributed by atoms with Gasteiger partial charge in [0.25, 0.3) is 0 Å². The van der Waals surface area contributed by atoms with E-state index in [2.05, 4.69) is 55.9 Å². The molecule has 2 rings (SSSR count). The summed E-state index contributed by atoms with van der Waals surface area (Å²) in [4.78, 5) is 7.57. The van der Waals surface area contributed by atoms with Crippen LogP contribution in [0.15, 0.2) is 24.1 Å². The molecule has 1 aliphatic rings. The van der Waals surface area contributed by atoms with Crippen molar-refractivity contribution in [1.29, 1.82) is 0 Å². The van der Waals surface area contributed by atoms with Crippen molar-refractivity contribution in [2.45, 2.75) is 33.1 Å². The molecule has 0 saturated heterocycles. The van der Waals surface area contributed by atoms with Crippen molar-refractivity contribution in [1.82, 2.24) is 9.97 Å². The first-order valence-electron chi connectivity index (χ1n) is 5.45. The van der Waals surface area contributed by atoms with Crippen LogP contribution < -0.4 is 0 Å². The van der Waals surface area contributed by atoms with E-state index < -0.39 is 0 Å². The monoisotopic (exact) mass is 202 g/mol. The summed E-state index contributed by atoms with van der Waals surface area (Å²) in [6.07, 6.45) is 8.38. The maximum Gasteiger partial charge on any atom is 0.0929 e. The Morgan fingerprint density at radius 1 is 1.27 bits per heavy atom. The van der Waals surface area contributed by atoms with E-state index in [0.717, 1.165) is 5.69 Å². The lowest BCUT2D eigenvalue weighted by molar-refractivity contribution is 0.632. The van der Waals surface area contributed by atoms with Crippen molar-refractivity contribution in [2.75, 3.05) is 0 Å². The molecule has 0 saturated carbocycles. The number of hydrogen-bond acceptors (Lipinski definition) is 1. The predicted octanol–water partition coefficient (Wildman–Crippen LogP) is 3.30. The molecular weight excluding hydrogens is 184 g/mol. The minimum atomic E-state index is 0.0366. The Morgan fingerprint density at radius 2 is 2.00 bits per heavy atom. The largest absolute Gasteiger partial charge is 0.347 e. The van der Waals surface area contributed by atoms with E-state index in [1.165, 1.54) is 11.3 Å². The van der Waals surface area contributed by atoms with Gasteiger partial charge in [-0.15, -0.1) is 0 Å². The van der Waals surface area contributed by atoms with Gasteiger partial charge in [-0.2, -0.15) is 0 Å². The van der Waals surface area contributed by atoms with E-state index in [0.29, 0.717) is 5.92 Å². The standard InChI is InChI=1S/C13H18N2/c1-9(2)10-5-6-11-12(15-8-14-11)13(3,4)7-10/h5-9H,1-4H3,(H,14,15). The zero-order valence-corrected chi connectivity index (χ0v) is 9.83. The van der Waals surface area contributed by atoms with Crippen LogP contribution in [-0.2, 0) is 5.41 Å². The van der Waals surface area contributed by atoms with Crippen molar-refractivity contribution >= 4 is 6.08 Å². The highest BCUT2D eigenvalue weighted by molar-refractivity contribution is 5.57. The fourth-order valence-corrected chi connectivity index (χ4v) is 2.02. The van der Waals surface area contributed by atoms with E-state index in [1.54, 1.807) is 6.33 Å². The first-order chi connectivity index (χ1) is 7.00. The number of allylic oxidation sites excluding steroid dienone is 3. The molecule has 0 aromatic carbocycles. The summed E-state index contributed by atoms with van der Waals surface area (Å²) in [7, 11) is 0. The van der Waals surface area contributed by atoms with Crippen LogP contribution in [-0.4, -0.2) is 9.97 Å². The normalized spacial score (nSPS) is 18.6. The van der Waals surface area contributed by atoms with E-state index in [9.17, 15) is 0 Å². The van der Waals surface area contributed by atoms with E-state index in [4.69, 9.17) is 0 Å². The second kappa shape index (κ2) is 3.37. The smallest absolute Gasteiger partial charge is 0.0929 e. The third kappa shape index (κ3) is 1.76. The third-order valence-electron chi connectivity index (χ3n) is 2.94. The van der Waals surface area contributed by atoms with Gasteiger partial charge in [-0.05, 0) is 17.6 Å². The van der Waals surface area contributed by atoms with Crippen LogP contribution >= 0.6 is 0 Å². The lowest BCUT2D eigenvalue weighted by Crippen LogP contribution is -2.16. The van der Waals surface area contributed by atoms with Gasteiger partial charge in [0.05, 0.1) is 17.7 Å². The number of imidazole rings is 1. The van der Waals surface area contributed by atoms with Gasteiger partial charge in [0.15, 0.2) is 0 Å². The average molecular weight is 202 g/mol. The molecule has 80 valence electrons. The minimum absolute atomic E-state index is 0.0366. The van der Waals surface area contributed by atoms with E-state index in [1.807, 2.05) is 0 Å². The fraction of sp³-hybridized carbons (Fsp3) is 0.462. The fourth-order valence-electron chi connectivity index (χ4n) is 2.02. The van der Waals surface area contributed by atoms with Gasteiger partial charge >= 0.3 is 0 Å². The van der Waals surface area contributed by atoms with Crippen LogP contribution in [0.2, 0.25) is 0 Å². The zero-order chi connectivity index (χ0) is 11.1. The number of nitrogens with zero attached hydrogens (tertiary/aromatic N) is 1. The van der Waals surface area contributed by atoms with Gasteiger partial charge in [0.2, 0.25) is 0 Å². The lowest BCUT2D eigenvalue weighted by atomic mass is 9.85. The Bertz CT molecular complexity index is 419. The van der Waals surface area contributed by atoms with Crippen LogP contribution in [0.4, 0.5) is 0 Å². The Kier molecular flexibility index (Phi) is 2.29. The van der Waals surface area contributed by atoms with E-state index >= 15 is 0 Å². The summed E-state index contributed by atoms with van der Waals surface area (Å²) in [5, 5.41) is 0. The Hall–Kier alpha value is -1.31. The molecule has 2 heteroatoms. The van der Waals surface area contributed by atoms with Crippen LogP contribution in [0.1, 0.15) is 39.1 Å². The highest BCUT2D eigenvalue weighted by Crippen LogP contribution is 2.32. The highest BCUT2D eigenvalue weighted by Gasteiger charge is 2.25. The third-order valence-corrected chi connectivity index (χ3v) is 2.94. The molecule has 1 N–H and O–H groups in total. The molecule has 0 fully saturated rings. The number of rotatable bonds is 1. The van der Waals surface area contributed by atoms with Crippen LogP contribution in [0, 0.1) is 5.92 Å². The molecule has 0 radical (unpaired) electrons. The molecule has 1 heterocycles. The molecule has 0 unspecified atom stereocenters. The number of aromatic amines is 1. The molecule has 0 atom stereocenters. The molecule has 1 aliphatic carbocycles. The molecule has 2 nitrogen and oxygen atoms in total. The first kappa shape index (κ1) is 10.2. The van der Waals surface area contributed by atoms with Gasteiger partial charge in [0, 0.05) is 5.41 Å². The number of aromatic nitrogens is 2. The highest BCUT2D eigenvalue weighted by atomic mass is 14.9.